The highest BCUT2D eigenvalue weighted by Crippen LogP contribution is 2.67. The molecule has 8 atom stereocenters. The number of ether oxygens (including phenoxy) is 1. The van der Waals surface area contributed by atoms with Crippen molar-refractivity contribution in [1.82, 2.24) is 0 Å². The van der Waals surface area contributed by atoms with Gasteiger partial charge < -0.3 is 4.74 Å². The number of esters is 1. The number of carbonyl (C=O) groups excluding carboxylic acids is 1. The van der Waals surface area contributed by atoms with Gasteiger partial charge >= 0.3 is 12.1 Å². The van der Waals surface area contributed by atoms with Crippen molar-refractivity contribution >= 4 is 5.97 Å². The van der Waals surface area contributed by atoms with Gasteiger partial charge in [-0.3, -0.25) is 0 Å². The Hall–Kier alpha value is -1.00. The van der Waals surface area contributed by atoms with Crippen LogP contribution in [0.3, 0.4) is 0 Å². The van der Waals surface area contributed by atoms with E-state index < -0.39 is 18.2 Å². The van der Waals surface area contributed by atoms with Crippen molar-refractivity contribution in [3.05, 3.63) is 11.6 Å². The molecule has 0 radical (unpaired) electrons. The number of halogens is 3. The third-order valence-corrected chi connectivity index (χ3v) is 10.8. The highest BCUT2D eigenvalue weighted by Gasteiger charge is 2.59. The molecule has 4 aliphatic rings. The van der Waals surface area contributed by atoms with Gasteiger partial charge in [0.1, 0.15) is 6.10 Å². The Kier molecular flexibility index (Phi) is 7.26. The Bertz CT molecular complexity index is 787. The minimum Gasteiger partial charge on any atom is -0.455 e. The van der Waals surface area contributed by atoms with Crippen molar-refractivity contribution in [3.8, 4) is 0 Å². The number of rotatable bonds is 6. The third kappa shape index (κ3) is 4.71. The van der Waals surface area contributed by atoms with Crippen LogP contribution in [0.2, 0.25) is 0 Å². The van der Waals surface area contributed by atoms with Gasteiger partial charge in [-0.1, -0.05) is 65.5 Å². The molecule has 5 heteroatoms. The zero-order valence-electron chi connectivity index (χ0n) is 21.8. The van der Waals surface area contributed by atoms with E-state index in [1.165, 1.54) is 50.5 Å². The molecule has 2 nitrogen and oxygen atoms in total. The van der Waals surface area contributed by atoms with Crippen molar-refractivity contribution < 1.29 is 22.7 Å². The standard InChI is InChI=1S/C29H45F3O2/c1-18(2)7-6-8-19(3)23-11-12-24-22-10-9-20-17-21(34-26(33)29(30,31)32)13-15-27(20,4)25(22)14-16-28(23,24)5/h9,18-19,21-25H,6-8,10-17H2,1-5H3/t19-,21-,22+,23-,24+,25+,27-,28+/m0/s1. The summed E-state index contributed by atoms with van der Waals surface area (Å²) in [5, 5.41) is 0. The Morgan fingerprint density at radius 3 is 2.47 bits per heavy atom. The first kappa shape index (κ1) is 26.1. The lowest BCUT2D eigenvalue weighted by atomic mass is 9.47. The average molecular weight is 483 g/mol. The fraction of sp³-hybridized carbons (Fsp3) is 0.897. The molecule has 0 aromatic rings. The number of allylic oxidation sites excluding steroid dienone is 1. The van der Waals surface area contributed by atoms with E-state index in [9.17, 15) is 18.0 Å². The minimum absolute atomic E-state index is 0.0480. The van der Waals surface area contributed by atoms with Gasteiger partial charge in [0.2, 0.25) is 0 Å². The Labute approximate surface area is 204 Å². The van der Waals surface area contributed by atoms with Crippen LogP contribution >= 0.6 is 0 Å². The Morgan fingerprint density at radius 2 is 1.79 bits per heavy atom. The van der Waals surface area contributed by atoms with Crippen LogP contribution in [-0.2, 0) is 9.53 Å². The molecule has 0 heterocycles. The number of carbonyl (C=O) groups is 1. The highest BCUT2D eigenvalue weighted by atomic mass is 19.4. The van der Waals surface area contributed by atoms with E-state index in [4.69, 9.17) is 4.74 Å². The molecule has 0 amide bonds. The molecule has 0 spiro atoms. The second kappa shape index (κ2) is 9.47. The summed E-state index contributed by atoms with van der Waals surface area (Å²) in [6.07, 6.45) is 8.89. The van der Waals surface area contributed by atoms with E-state index in [1.54, 1.807) is 0 Å². The summed E-state index contributed by atoms with van der Waals surface area (Å²) in [7, 11) is 0. The van der Waals surface area contributed by atoms with E-state index in [1.807, 2.05) is 0 Å². The predicted octanol–water partition coefficient (Wildman–Crippen LogP) is 8.50. The van der Waals surface area contributed by atoms with Crippen molar-refractivity contribution in [1.29, 1.82) is 0 Å². The number of hydrogen-bond donors (Lipinski definition) is 0. The normalized spacial score (nSPS) is 40.7. The van der Waals surface area contributed by atoms with Crippen LogP contribution in [0.25, 0.3) is 0 Å². The number of alkyl halides is 3. The fourth-order valence-corrected chi connectivity index (χ4v) is 8.97. The summed E-state index contributed by atoms with van der Waals surface area (Å²) in [5.41, 5.74) is 1.73. The van der Waals surface area contributed by atoms with E-state index in [0.29, 0.717) is 30.1 Å². The second-order valence-electron chi connectivity index (χ2n) is 13.1. The molecule has 4 rings (SSSR count). The quantitative estimate of drug-likeness (QED) is 0.280. The highest BCUT2D eigenvalue weighted by molar-refractivity contribution is 5.75. The molecule has 3 fully saturated rings. The fourth-order valence-electron chi connectivity index (χ4n) is 8.97. The van der Waals surface area contributed by atoms with Crippen LogP contribution in [0.15, 0.2) is 11.6 Å². The molecule has 0 bridgehead atoms. The zero-order chi connectivity index (χ0) is 24.9. The maximum atomic E-state index is 12.7. The van der Waals surface area contributed by atoms with E-state index in [0.717, 1.165) is 36.5 Å². The number of fused-ring (bicyclic) bond motifs is 5. The van der Waals surface area contributed by atoms with E-state index in [2.05, 4.69) is 40.7 Å². The van der Waals surface area contributed by atoms with Crippen LogP contribution < -0.4 is 0 Å². The van der Waals surface area contributed by atoms with E-state index in [-0.39, 0.29) is 5.41 Å². The lowest BCUT2D eigenvalue weighted by Crippen LogP contribution is -2.51. The molecule has 0 unspecified atom stereocenters. The maximum Gasteiger partial charge on any atom is 0.490 e. The minimum atomic E-state index is -4.91. The van der Waals surface area contributed by atoms with E-state index >= 15 is 0 Å². The van der Waals surface area contributed by atoms with Gasteiger partial charge in [-0.05, 0) is 91.3 Å². The summed E-state index contributed by atoms with van der Waals surface area (Å²) >= 11 is 0. The summed E-state index contributed by atoms with van der Waals surface area (Å²) in [5.74, 6) is 2.42. The molecule has 34 heavy (non-hydrogen) atoms. The summed E-state index contributed by atoms with van der Waals surface area (Å²) < 4.78 is 42.9. The van der Waals surface area contributed by atoms with Crippen LogP contribution in [0.4, 0.5) is 13.2 Å². The molecule has 0 aliphatic heterocycles. The molecule has 0 aromatic carbocycles. The average Bonchev–Trinajstić information content (AvgIpc) is 3.10. The molecule has 0 saturated heterocycles. The molecule has 0 aromatic heterocycles. The van der Waals surface area contributed by atoms with Crippen LogP contribution in [0, 0.1) is 46.3 Å². The SMILES string of the molecule is CC(C)CCC[C@H](C)[C@@H]1CC[C@@H]2[C@H]3CC=C4C[C@@H](OC(=O)C(F)(F)F)CC[C@]4(C)[C@@H]3CC[C@@]21C. The number of hydrogen-bond acceptors (Lipinski definition) is 2. The first-order valence-electron chi connectivity index (χ1n) is 13.8. The van der Waals surface area contributed by atoms with Gasteiger partial charge in [-0.25, -0.2) is 4.79 Å². The van der Waals surface area contributed by atoms with Crippen molar-refractivity contribution in [2.24, 2.45) is 46.3 Å². The van der Waals surface area contributed by atoms with Gasteiger partial charge in [0.15, 0.2) is 0 Å². The molecule has 3 saturated carbocycles. The molecule has 4 aliphatic carbocycles. The summed E-state index contributed by atoms with van der Waals surface area (Å²) in [4.78, 5) is 11.4. The monoisotopic (exact) mass is 482 g/mol. The first-order chi connectivity index (χ1) is 15.9. The van der Waals surface area contributed by atoms with Crippen molar-refractivity contribution in [2.45, 2.75) is 118 Å². The van der Waals surface area contributed by atoms with Gasteiger partial charge in [0.25, 0.3) is 0 Å². The summed E-state index contributed by atoms with van der Waals surface area (Å²) in [6.45, 7) is 12.1. The first-order valence-corrected chi connectivity index (χ1v) is 13.8. The maximum absolute atomic E-state index is 12.7. The molecular weight excluding hydrogens is 437 g/mol. The summed E-state index contributed by atoms with van der Waals surface area (Å²) in [6, 6.07) is 0. The van der Waals surface area contributed by atoms with Gasteiger partial charge in [-0.2, -0.15) is 13.2 Å². The Morgan fingerprint density at radius 1 is 1.06 bits per heavy atom. The van der Waals surface area contributed by atoms with Gasteiger partial charge in [0.05, 0.1) is 0 Å². The molecule has 0 N–H and O–H groups in total. The molecular formula is C29H45F3O2. The topological polar surface area (TPSA) is 26.3 Å². The smallest absolute Gasteiger partial charge is 0.455 e. The van der Waals surface area contributed by atoms with Crippen LogP contribution in [0.5, 0.6) is 0 Å². The third-order valence-electron chi connectivity index (χ3n) is 10.8. The zero-order valence-corrected chi connectivity index (χ0v) is 21.8. The van der Waals surface area contributed by atoms with Crippen LogP contribution in [-0.4, -0.2) is 18.2 Å². The largest absolute Gasteiger partial charge is 0.490 e. The van der Waals surface area contributed by atoms with Crippen LogP contribution in [0.1, 0.15) is 105 Å². The molecule has 194 valence electrons. The lowest BCUT2D eigenvalue weighted by molar-refractivity contribution is -0.206. The lowest BCUT2D eigenvalue weighted by Gasteiger charge is -2.58. The second-order valence-corrected chi connectivity index (χ2v) is 13.1. The Balaban J connectivity index is 1.44. The van der Waals surface area contributed by atoms with Crippen molar-refractivity contribution in [3.63, 3.8) is 0 Å². The van der Waals surface area contributed by atoms with Gasteiger partial charge in [-0.15, -0.1) is 0 Å². The van der Waals surface area contributed by atoms with Crippen molar-refractivity contribution in [2.75, 3.05) is 0 Å². The van der Waals surface area contributed by atoms with Gasteiger partial charge in [0, 0.05) is 6.42 Å². The predicted molar refractivity (Wildman–Crippen MR) is 129 cm³/mol.